The molecule has 0 fully saturated rings. The minimum Gasteiger partial charge on any atom is -0.389 e. The highest BCUT2D eigenvalue weighted by atomic mass is 14.9. The highest BCUT2D eigenvalue weighted by molar-refractivity contribution is 5.90. The number of benzene rings is 2. The van der Waals surface area contributed by atoms with Crippen LogP contribution in [-0.2, 0) is 0 Å². The minimum absolute atomic E-state index is 0.257. The van der Waals surface area contributed by atoms with Gasteiger partial charge in [-0.3, -0.25) is 0 Å². The molecule has 0 saturated carbocycles. The summed E-state index contributed by atoms with van der Waals surface area (Å²) in [6.07, 6.45) is 11.1. The Bertz CT molecular complexity index is 1170. The van der Waals surface area contributed by atoms with Gasteiger partial charge >= 0.3 is 0 Å². The molecule has 0 aliphatic heterocycles. The molecule has 0 aliphatic rings. The van der Waals surface area contributed by atoms with Crippen molar-refractivity contribution in [3.63, 3.8) is 0 Å². The van der Waals surface area contributed by atoms with Gasteiger partial charge in [-0.2, -0.15) is 0 Å². The second-order valence-corrected chi connectivity index (χ2v) is 11.9. The van der Waals surface area contributed by atoms with E-state index in [1.54, 1.807) is 0 Å². The van der Waals surface area contributed by atoms with Crippen molar-refractivity contribution in [2.24, 2.45) is 5.92 Å². The topological polar surface area (TPSA) is 24.1 Å². The fourth-order valence-corrected chi connectivity index (χ4v) is 5.28. The minimum atomic E-state index is 0.257. The summed E-state index contributed by atoms with van der Waals surface area (Å²) in [5.74, 6) is 1.01. The second-order valence-electron chi connectivity index (χ2n) is 11.9. The van der Waals surface area contributed by atoms with Gasteiger partial charge in [0.1, 0.15) is 0 Å². The van der Waals surface area contributed by atoms with Crippen LogP contribution in [0.2, 0.25) is 0 Å². The first-order valence-electron chi connectivity index (χ1n) is 16.0. The Morgan fingerprint density at radius 1 is 0.881 bits per heavy atom. The van der Waals surface area contributed by atoms with Crippen molar-refractivity contribution in [2.45, 2.75) is 98.8 Å². The van der Waals surface area contributed by atoms with Crippen molar-refractivity contribution in [2.75, 3.05) is 13.6 Å². The van der Waals surface area contributed by atoms with Gasteiger partial charge in [0.15, 0.2) is 0 Å². The van der Waals surface area contributed by atoms with E-state index in [1.807, 2.05) is 13.1 Å². The smallest absolute Gasteiger partial charge is 0.0450 e. The zero-order valence-electron chi connectivity index (χ0n) is 28.0. The molecule has 0 amide bonds. The van der Waals surface area contributed by atoms with Gasteiger partial charge in [0.2, 0.25) is 0 Å². The lowest BCUT2D eigenvalue weighted by Gasteiger charge is -2.23. The lowest BCUT2D eigenvalue weighted by Crippen LogP contribution is -2.15. The van der Waals surface area contributed by atoms with E-state index in [0.29, 0.717) is 0 Å². The second kappa shape index (κ2) is 20.6. The Morgan fingerprint density at radius 3 is 2.10 bits per heavy atom. The molecule has 2 rings (SSSR count). The molecular weight excluding hydrogens is 508 g/mol. The molecule has 0 bridgehead atoms. The summed E-state index contributed by atoms with van der Waals surface area (Å²) in [5, 5.41) is 7.03. The number of nitrogens with one attached hydrogen (secondary N) is 2. The first-order valence-corrected chi connectivity index (χ1v) is 16.0. The van der Waals surface area contributed by atoms with E-state index >= 15 is 0 Å². The number of hydrogen-bond donors (Lipinski definition) is 2. The Morgan fingerprint density at radius 2 is 1.52 bits per heavy atom. The lowest BCUT2D eigenvalue weighted by molar-refractivity contribution is 0.472. The van der Waals surface area contributed by atoms with Gasteiger partial charge in [-0.05, 0) is 93.9 Å². The molecule has 2 unspecified atom stereocenters. The van der Waals surface area contributed by atoms with Gasteiger partial charge < -0.3 is 10.6 Å². The van der Waals surface area contributed by atoms with E-state index in [4.69, 9.17) is 0 Å². The Hall–Kier alpha value is -3.26. The molecule has 0 aromatic heterocycles. The highest BCUT2D eigenvalue weighted by Crippen LogP contribution is 2.34. The molecule has 2 N–H and O–H groups in total. The van der Waals surface area contributed by atoms with Crippen LogP contribution in [0.5, 0.6) is 0 Å². The Kier molecular flexibility index (Phi) is 18.0. The van der Waals surface area contributed by atoms with E-state index in [0.717, 1.165) is 37.4 Å². The third-order valence-electron chi connectivity index (χ3n) is 8.02. The van der Waals surface area contributed by atoms with Crippen LogP contribution >= 0.6 is 0 Å². The van der Waals surface area contributed by atoms with Crippen LogP contribution < -0.4 is 10.6 Å². The molecule has 0 saturated heterocycles. The van der Waals surface area contributed by atoms with E-state index in [2.05, 4.69) is 127 Å². The molecule has 0 radical (unpaired) electrons. The molecule has 2 atom stereocenters. The highest BCUT2D eigenvalue weighted by Gasteiger charge is 2.18. The van der Waals surface area contributed by atoms with Crippen LogP contribution in [0.3, 0.4) is 0 Å². The fourth-order valence-electron chi connectivity index (χ4n) is 5.28. The molecule has 2 aromatic rings. The van der Waals surface area contributed by atoms with Gasteiger partial charge in [-0.15, -0.1) is 13.2 Å². The van der Waals surface area contributed by atoms with E-state index in [-0.39, 0.29) is 5.92 Å². The summed E-state index contributed by atoms with van der Waals surface area (Å²) in [4.78, 5) is 0. The summed E-state index contributed by atoms with van der Waals surface area (Å²) in [6.45, 7) is 30.5. The molecule has 2 aromatic carbocycles. The average molecular weight is 569 g/mol. The van der Waals surface area contributed by atoms with Crippen molar-refractivity contribution in [3.8, 4) is 0 Å². The average Bonchev–Trinajstić information content (AvgIpc) is 2.97. The van der Waals surface area contributed by atoms with Gasteiger partial charge in [0.05, 0.1) is 0 Å². The largest absolute Gasteiger partial charge is 0.389 e. The number of rotatable bonds is 18. The molecule has 230 valence electrons. The maximum atomic E-state index is 4.48. The molecule has 0 aliphatic carbocycles. The zero-order valence-corrected chi connectivity index (χ0v) is 28.0. The first kappa shape index (κ1) is 36.8. The van der Waals surface area contributed by atoms with Crippen molar-refractivity contribution in [1.82, 2.24) is 10.6 Å². The summed E-state index contributed by atoms with van der Waals surface area (Å²) >= 11 is 0. The molecule has 2 heteroatoms. The van der Waals surface area contributed by atoms with Crippen LogP contribution in [0.25, 0.3) is 11.3 Å². The van der Waals surface area contributed by atoms with Crippen LogP contribution in [0.1, 0.15) is 114 Å². The van der Waals surface area contributed by atoms with Crippen LogP contribution in [0, 0.1) is 12.8 Å². The van der Waals surface area contributed by atoms with Gasteiger partial charge in [-0.1, -0.05) is 106 Å². The molecule has 0 heterocycles. The molecular formula is C40H60N2. The Balaban J connectivity index is 0.00000132. The van der Waals surface area contributed by atoms with Crippen molar-refractivity contribution in [3.05, 3.63) is 120 Å². The third-order valence-corrected chi connectivity index (χ3v) is 8.02. The summed E-state index contributed by atoms with van der Waals surface area (Å²) < 4.78 is 0. The third kappa shape index (κ3) is 13.1. The molecule has 2 nitrogen and oxygen atoms in total. The van der Waals surface area contributed by atoms with Crippen molar-refractivity contribution in [1.29, 1.82) is 0 Å². The van der Waals surface area contributed by atoms with Crippen LogP contribution in [0.4, 0.5) is 0 Å². The van der Waals surface area contributed by atoms with Gasteiger partial charge in [0, 0.05) is 36.5 Å². The molecule has 0 spiro atoms. The van der Waals surface area contributed by atoms with Gasteiger partial charge in [0.25, 0.3) is 0 Å². The normalized spacial score (nSPS) is 12.6. The maximum absolute atomic E-state index is 4.48. The van der Waals surface area contributed by atoms with Crippen molar-refractivity contribution >= 4 is 11.3 Å². The number of allylic oxidation sites excluding steroid dienone is 5. The predicted molar refractivity (Wildman–Crippen MR) is 191 cm³/mol. The van der Waals surface area contributed by atoms with Crippen molar-refractivity contribution < 1.29 is 0 Å². The predicted octanol–water partition coefficient (Wildman–Crippen LogP) is 11.4. The number of hydrogen-bond acceptors (Lipinski definition) is 2. The van der Waals surface area contributed by atoms with E-state index in [9.17, 15) is 0 Å². The van der Waals surface area contributed by atoms with Crippen LogP contribution in [0.15, 0.2) is 97.8 Å². The SMILES string of the molecule is C=C(C)CCC.C=CCCC(C)CCCNC(=C)CCC(=C)C(C)c1ccccc1/C(NC)=C(/C)c1ccccc1C. The summed E-state index contributed by atoms with van der Waals surface area (Å²) in [7, 11) is 2.02. The first-order chi connectivity index (χ1) is 20.1. The fraction of sp³-hybridized carbons (Fsp3) is 0.450. The monoisotopic (exact) mass is 568 g/mol. The standard InChI is InChI=1S/C34H48N2.C6H12/c1-9-10-16-25(2)17-15-24-36-28(5)23-22-26(3)29(6)32-20-13-14-21-33(32)34(35-8)30(7)31-19-12-11-18-27(31)4;1-4-5-6(2)3/h9,11-14,18-21,25,29,35-36H,1,3,5,10,15-17,22-24H2,2,4,6-8H3;2,4-5H2,1,3H3/b34-30+;. The quantitative estimate of drug-likeness (QED) is 0.106. The zero-order chi connectivity index (χ0) is 31.5. The van der Waals surface area contributed by atoms with Crippen LogP contribution in [-0.4, -0.2) is 13.6 Å². The summed E-state index contributed by atoms with van der Waals surface area (Å²) in [6, 6.07) is 17.3. The van der Waals surface area contributed by atoms with Gasteiger partial charge in [-0.25, -0.2) is 0 Å². The maximum Gasteiger partial charge on any atom is 0.0450 e. The summed E-state index contributed by atoms with van der Waals surface area (Å²) in [5.41, 5.74) is 11.2. The lowest BCUT2D eigenvalue weighted by atomic mass is 9.85. The van der Waals surface area contributed by atoms with E-state index < -0.39 is 0 Å². The molecule has 42 heavy (non-hydrogen) atoms. The number of aryl methyl sites for hydroxylation is 1. The van der Waals surface area contributed by atoms with E-state index in [1.165, 1.54) is 76.8 Å². The Labute approximate surface area is 259 Å².